The van der Waals surface area contributed by atoms with E-state index in [1.807, 2.05) is 50.2 Å². The minimum absolute atomic E-state index is 0.0315. The summed E-state index contributed by atoms with van der Waals surface area (Å²) in [7, 11) is 0. The number of fused-ring (bicyclic) bond motifs is 3. The predicted molar refractivity (Wildman–Crippen MR) is 124 cm³/mol. The van der Waals surface area contributed by atoms with Crippen molar-refractivity contribution in [3.8, 4) is 11.1 Å². The smallest absolute Gasteiger partial charge is 0.407 e. The van der Waals surface area contributed by atoms with E-state index in [4.69, 9.17) is 10.3 Å². The van der Waals surface area contributed by atoms with Gasteiger partial charge in [-0.2, -0.15) is 4.79 Å². The van der Waals surface area contributed by atoms with Crippen LogP contribution in [0.1, 0.15) is 43.7 Å². The molecular weight excluding hydrogens is 426 g/mol. The SMILES string of the molecule is CC(C)SC(=O)[C@H](CCC(=O)C=[N+]=[N-])NC(=O)OCC1c2ccccc2-c2ccccc21. The van der Waals surface area contributed by atoms with E-state index in [1.54, 1.807) is 0 Å². The molecule has 3 rings (SSSR count). The van der Waals surface area contributed by atoms with E-state index in [1.165, 1.54) is 0 Å². The molecule has 0 heterocycles. The number of thioether (sulfide) groups is 1. The molecule has 0 radical (unpaired) electrons. The number of ketones is 1. The lowest BCUT2D eigenvalue weighted by Gasteiger charge is -2.19. The van der Waals surface area contributed by atoms with Crippen LogP contribution in [0.4, 0.5) is 4.79 Å². The third-order valence-electron chi connectivity index (χ3n) is 5.15. The topological polar surface area (TPSA) is 109 Å². The Bertz CT molecular complexity index is 1020. The van der Waals surface area contributed by atoms with Crippen LogP contribution in [0.2, 0.25) is 0 Å². The van der Waals surface area contributed by atoms with Gasteiger partial charge in [0.25, 0.3) is 0 Å². The maximum absolute atomic E-state index is 12.5. The molecule has 0 aliphatic heterocycles. The first-order valence-corrected chi connectivity index (χ1v) is 11.3. The van der Waals surface area contributed by atoms with Crippen molar-refractivity contribution in [2.24, 2.45) is 0 Å². The van der Waals surface area contributed by atoms with Crippen LogP contribution >= 0.6 is 11.8 Å². The molecule has 0 aromatic heterocycles. The number of benzene rings is 2. The number of alkyl carbamates (subject to hydrolysis) is 1. The van der Waals surface area contributed by atoms with E-state index < -0.39 is 17.9 Å². The van der Waals surface area contributed by atoms with Crippen molar-refractivity contribution in [2.75, 3.05) is 6.61 Å². The van der Waals surface area contributed by atoms with Gasteiger partial charge in [0.15, 0.2) is 0 Å². The summed E-state index contributed by atoms with van der Waals surface area (Å²) >= 11 is 1.09. The molecule has 8 heteroatoms. The zero-order valence-corrected chi connectivity index (χ0v) is 18.8. The van der Waals surface area contributed by atoms with Crippen LogP contribution in [-0.4, -0.2) is 45.9 Å². The summed E-state index contributed by atoms with van der Waals surface area (Å²) in [5.74, 6) is -0.524. The van der Waals surface area contributed by atoms with Crippen molar-refractivity contribution < 1.29 is 23.9 Å². The van der Waals surface area contributed by atoms with E-state index in [0.717, 1.165) is 40.2 Å². The molecule has 1 atom stereocenters. The van der Waals surface area contributed by atoms with E-state index in [0.29, 0.717) is 0 Å². The standard InChI is InChI=1S/C24H25N3O4S/c1-15(2)32-23(29)22(12-11-16(28)13-26-25)27-24(30)31-14-21-19-9-5-3-7-17(19)18-8-4-6-10-20(18)21/h3-10,13,15,21-22H,11-12,14H2,1-2H3,(H,27,30)/t22-/m0/s1. The molecule has 0 unspecified atom stereocenters. The molecule has 32 heavy (non-hydrogen) atoms. The summed E-state index contributed by atoms with van der Waals surface area (Å²) in [6.07, 6.45) is 0.124. The van der Waals surface area contributed by atoms with Crippen LogP contribution < -0.4 is 5.32 Å². The highest BCUT2D eigenvalue weighted by molar-refractivity contribution is 8.14. The Hall–Kier alpha value is -3.22. The van der Waals surface area contributed by atoms with E-state index in [2.05, 4.69) is 22.2 Å². The third kappa shape index (κ3) is 5.72. The molecule has 7 nitrogen and oxygen atoms in total. The van der Waals surface area contributed by atoms with Gasteiger partial charge in [-0.05, 0) is 28.7 Å². The Balaban J connectivity index is 1.66. The second-order valence-corrected chi connectivity index (χ2v) is 9.34. The van der Waals surface area contributed by atoms with Crippen molar-refractivity contribution in [3.63, 3.8) is 0 Å². The molecule has 2 aromatic rings. The number of nitrogens with zero attached hydrogens (tertiary/aromatic N) is 2. The van der Waals surface area contributed by atoms with Gasteiger partial charge in [0.05, 0.1) is 0 Å². The highest BCUT2D eigenvalue weighted by Crippen LogP contribution is 2.44. The minimum Gasteiger partial charge on any atom is -0.449 e. The number of hydrogen-bond acceptors (Lipinski definition) is 5. The Morgan fingerprint density at radius 2 is 1.69 bits per heavy atom. The first-order chi connectivity index (χ1) is 15.4. The van der Waals surface area contributed by atoms with E-state index in [9.17, 15) is 14.4 Å². The van der Waals surface area contributed by atoms with Gasteiger partial charge in [0.2, 0.25) is 10.9 Å². The average Bonchev–Trinajstić information content (AvgIpc) is 3.08. The lowest BCUT2D eigenvalue weighted by molar-refractivity contribution is -0.116. The molecular formula is C24H25N3O4S. The fourth-order valence-corrected chi connectivity index (χ4v) is 4.57. The molecule has 0 spiro atoms. The zero-order valence-electron chi connectivity index (χ0n) is 18.0. The van der Waals surface area contributed by atoms with Crippen LogP contribution in [0.5, 0.6) is 0 Å². The van der Waals surface area contributed by atoms with Crippen LogP contribution in [0, 0.1) is 0 Å². The number of nitrogens with one attached hydrogen (secondary N) is 1. The zero-order chi connectivity index (χ0) is 23.1. The number of rotatable bonds is 9. The van der Waals surface area contributed by atoms with Crippen LogP contribution in [-0.2, 0) is 14.3 Å². The summed E-state index contributed by atoms with van der Waals surface area (Å²) in [4.78, 5) is 39.4. The van der Waals surface area contributed by atoms with Gasteiger partial charge in [-0.1, -0.05) is 74.1 Å². The number of hydrogen-bond donors (Lipinski definition) is 1. The summed E-state index contributed by atoms with van der Waals surface area (Å²) in [5.41, 5.74) is 12.9. The fourth-order valence-electron chi connectivity index (χ4n) is 3.76. The molecule has 0 saturated heterocycles. The number of Topliss-reactive ketones (excluding diaryl/α,β-unsaturated/α-hetero) is 1. The lowest BCUT2D eigenvalue weighted by Crippen LogP contribution is -2.41. The van der Waals surface area contributed by atoms with Crippen molar-refractivity contribution in [1.29, 1.82) is 0 Å². The fraction of sp³-hybridized carbons (Fsp3) is 0.333. The van der Waals surface area contributed by atoms with Gasteiger partial charge in [-0.15, -0.1) is 0 Å². The van der Waals surface area contributed by atoms with Gasteiger partial charge in [-0.25, -0.2) is 4.79 Å². The van der Waals surface area contributed by atoms with Crippen molar-refractivity contribution in [3.05, 3.63) is 65.2 Å². The third-order valence-corrected chi connectivity index (χ3v) is 6.14. The van der Waals surface area contributed by atoms with Gasteiger partial charge >= 0.3 is 12.3 Å². The molecule has 1 aliphatic carbocycles. The maximum atomic E-state index is 12.5. The maximum Gasteiger partial charge on any atom is 0.407 e. The number of carbonyl (C=O) groups excluding carboxylic acids is 3. The molecule has 1 aliphatic rings. The average molecular weight is 452 g/mol. The van der Waals surface area contributed by atoms with Gasteiger partial charge < -0.3 is 15.6 Å². The summed E-state index contributed by atoms with van der Waals surface area (Å²) < 4.78 is 5.52. The molecule has 2 aromatic carbocycles. The number of ether oxygens (including phenoxy) is 1. The second kappa shape index (κ2) is 10.9. The first kappa shape index (κ1) is 23.4. The van der Waals surface area contributed by atoms with Crippen LogP contribution in [0.3, 0.4) is 0 Å². The van der Waals surface area contributed by atoms with Crippen molar-refractivity contribution in [1.82, 2.24) is 5.32 Å². The monoisotopic (exact) mass is 451 g/mol. The van der Waals surface area contributed by atoms with Gasteiger partial charge in [0.1, 0.15) is 12.6 Å². The largest absolute Gasteiger partial charge is 0.449 e. The summed E-state index contributed by atoms with van der Waals surface area (Å²) in [6, 6.07) is 15.2. The second-order valence-electron chi connectivity index (χ2n) is 7.76. The highest BCUT2D eigenvalue weighted by Gasteiger charge is 2.30. The molecule has 0 fully saturated rings. The normalized spacial score (nSPS) is 13.0. The Morgan fingerprint density at radius 3 is 2.25 bits per heavy atom. The molecule has 1 amide bonds. The Kier molecular flexibility index (Phi) is 7.98. The number of carbonyl (C=O) groups is 3. The molecule has 0 bridgehead atoms. The highest BCUT2D eigenvalue weighted by atomic mass is 32.2. The summed E-state index contributed by atoms with van der Waals surface area (Å²) in [6.45, 7) is 3.88. The van der Waals surface area contributed by atoms with Crippen molar-refractivity contribution in [2.45, 2.75) is 43.9 Å². The predicted octanol–water partition coefficient (Wildman–Crippen LogP) is 4.21. The Morgan fingerprint density at radius 1 is 1.09 bits per heavy atom. The quantitative estimate of drug-likeness (QED) is 0.349. The van der Waals surface area contributed by atoms with E-state index in [-0.39, 0.29) is 35.7 Å². The van der Waals surface area contributed by atoms with Crippen LogP contribution in [0.25, 0.3) is 16.7 Å². The van der Waals surface area contributed by atoms with E-state index >= 15 is 0 Å². The van der Waals surface area contributed by atoms with Crippen molar-refractivity contribution >= 4 is 35.0 Å². The van der Waals surface area contributed by atoms with Crippen LogP contribution in [0.15, 0.2) is 48.5 Å². The lowest BCUT2D eigenvalue weighted by atomic mass is 9.98. The molecule has 0 saturated carbocycles. The molecule has 1 N–H and O–H groups in total. The Labute approximate surface area is 191 Å². The molecule has 166 valence electrons. The first-order valence-electron chi connectivity index (χ1n) is 10.4. The van der Waals surface area contributed by atoms with Gasteiger partial charge in [-0.3, -0.25) is 9.59 Å². The number of amides is 1. The summed E-state index contributed by atoms with van der Waals surface area (Å²) in [5, 5.41) is 2.38. The minimum atomic E-state index is -0.880. The van der Waals surface area contributed by atoms with Gasteiger partial charge in [0, 0.05) is 17.6 Å².